The summed E-state index contributed by atoms with van der Waals surface area (Å²) >= 11 is 0. The Morgan fingerprint density at radius 3 is 2.42 bits per heavy atom. The summed E-state index contributed by atoms with van der Waals surface area (Å²) in [4.78, 5) is 16.3. The zero-order valence-corrected chi connectivity index (χ0v) is 21.5. The lowest BCUT2D eigenvalue weighted by Crippen LogP contribution is -2.65. The first-order valence-corrected chi connectivity index (χ1v) is 13.7. The fraction of sp³-hybridized carbons (Fsp3) is 0.567. The van der Waals surface area contributed by atoms with Gasteiger partial charge in [-0.2, -0.15) is 0 Å². The molecule has 0 saturated carbocycles. The Morgan fingerprint density at radius 2 is 1.72 bits per heavy atom. The minimum Gasteiger partial charge on any atom is -0.493 e. The number of carbonyl (C=O) groups is 1. The first-order chi connectivity index (χ1) is 17.5. The normalized spacial score (nSPS) is 27.8. The van der Waals surface area contributed by atoms with E-state index >= 15 is 0 Å². The second kappa shape index (κ2) is 10.9. The molecular formula is C30H40FN2O3+. The van der Waals surface area contributed by atoms with Gasteiger partial charge in [-0.3, -0.25) is 4.90 Å². The summed E-state index contributed by atoms with van der Waals surface area (Å²) in [6, 6.07) is 16.4. The maximum absolute atomic E-state index is 13.9. The van der Waals surface area contributed by atoms with Crippen LogP contribution in [0.1, 0.15) is 51.0 Å². The Kier molecular flexibility index (Phi) is 7.63. The molecule has 5 nitrogen and oxygen atoms in total. The van der Waals surface area contributed by atoms with Gasteiger partial charge >= 0.3 is 5.97 Å². The number of quaternary nitrogens is 1. The van der Waals surface area contributed by atoms with E-state index in [2.05, 4.69) is 24.0 Å². The van der Waals surface area contributed by atoms with Crippen molar-refractivity contribution in [2.45, 2.75) is 57.1 Å². The highest BCUT2D eigenvalue weighted by Crippen LogP contribution is 2.39. The second-order valence-electron chi connectivity index (χ2n) is 11.1. The van der Waals surface area contributed by atoms with E-state index in [-0.39, 0.29) is 17.9 Å². The van der Waals surface area contributed by atoms with Gasteiger partial charge in [-0.1, -0.05) is 36.8 Å². The maximum atomic E-state index is 13.9. The summed E-state index contributed by atoms with van der Waals surface area (Å²) in [5.74, 6) is 0.831. The minimum atomic E-state index is -0.748. The molecule has 0 unspecified atom stereocenters. The van der Waals surface area contributed by atoms with E-state index < -0.39 is 5.54 Å². The van der Waals surface area contributed by atoms with Crippen molar-refractivity contribution < 1.29 is 23.1 Å². The van der Waals surface area contributed by atoms with E-state index in [9.17, 15) is 9.18 Å². The SMILES string of the molecule is C[C@@](C(=O)O[C@H]1C[N+]2(CCCOc3ccc(F)cc3)CCC1CC2)(c1ccccc1)N1CCCCC1. The van der Waals surface area contributed by atoms with Crippen LogP contribution >= 0.6 is 0 Å². The molecule has 0 spiro atoms. The van der Waals surface area contributed by atoms with Crippen LogP contribution in [0.4, 0.5) is 4.39 Å². The van der Waals surface area contributed by atoms with Crippen LogP contribution in [0.3, 0.4) is 0 Å². The number of carbonyl (C=O) groups excluding carboxylic acids is 1. The summed E-state index contributed by atoms with van der Waals surface area (Å²) in [7, 11) is 0. The number of benzene rings is 2. The van der Waals surface area contributed by atoms with Crippen molar-refractivity contribution in [2.75, 3.05) is 45.9 Å². The molecule has 2 aromatic rings. The smallest absolute Gasteiger partial charge is 0.331 e. The Bertz CT molecular complexity index is 1000. The van der Waals surface area contributed by atoms with E-state index in [1.165, 1.54) is 18.6 Å². The average molecular weight is 496 g/mol. The van der Waals surface area contributed by atoms with Gasteiger partial charge in [0, 0.05) is 25.2 Å². The Morgan fingerprint density at radius 1 is 1.03 bits per heavy atom. The lowest BCUT2D eigenvalue weighted by atomic mass is 9.82. The lowest BCUT2D eigenvalue weighted by molar-refractivity contribution is -0.946. The molecule has 6 heteroatoms. The number of halogens is 1. The molecular weight excluding hydrogens is 455 g/mol. The van der Waals surface area contributed by atoms with E-state index in [1.807, 2.05) is 18.2 Å². The number of hydrogen-bond acceptors (Lipinski definition) is 4. The maximum Gasteiger partial charge on any atom is 0.331 e. The first-order valence-electron chi connectivity index (χ1n) is 13.7. The Balaban J connectivity index is 1.23. The number of ether oxygens (including phenoxy) is 2. The number of fused-ring (bicyclic) bond motifs is 3. The van der Waals surface area contributed by atoms with Crippen molar-refractivity contribution in [3.63, 3.8) is 0 Å². The molecule has 2 atom stereocenters. The Labute approximate surface area is 214 Å². The summed E-state index contributed by atoms with van der Waals surface area (Å²) in [5.41, 5.74) is 0.279. The first kappa shape index (κ1) is 25.2. The standard InChI is InChI=1S/C30H40FN2O3/c1-30(25-9-4-2-5-10-25,32-17-6-3-7-18-32)29(34)36-28-23-33(20-15-24(28)16-21-33)19-8-22-35-27-13-11-26(31)12-14-27/h2,4-5,9-14,24,28H,3,6-8,15-23H2,1H3/q+1/t24?,28-,30-,33?/m0/s1. The van der Waals surface area contributed by atoms with Gasteiger partial charge < -0.3 is 14.0 Å². The third-order valence-electron chi connectivity index (χ3n) is 8.88. The molecule has 4 saturated heterocycles. The number of esters is 1. The van der Waals surface area contributed by atoms with E-state index in [1.54, 1.807) is 12.1 Å². The van der Waals surface area contributed by atoms with Gasteiger partial charge in [0.25, 0.3) is 0 Å². The molecule has 36 heavy (non-hydrogen) atoms. The van der Waals surface area contributed by atoms with Crippen molar-refractivity contribution in [1.29, 1.82) is 0 Å². The highest BCUT2D eigenvalue weighted by Gasteiger charge is 2.50. The Hall–Kier alpha value is -2.44. The fourth-order valence-corrected chi connectivity index (χ4v) is 6.58. The van der Waals surface area contributed by atoms with Crippen molar-refractivity contribution >= 4 is 5.97 Å². The molecule has 4 aliphatic heterocycles. The van der Waals surface area contributed by atoms with Crippen LogP contribution in [-0.2, 0) is 15.1 Å². The van der Waals surface area contributed by atoms with Crippen LogP contribution in [0.5, 0.6) is 5.75 Å². The molecule has 4 aliphatic rings. The van der Waals surface area contributed by atoms with E-state index in [0.29, 0.717) is 18.3 Å². The second-order valence-corrected chi connectivity index (χ2v) is 11.1. The molecule has 0 radical (unpaired) electrons. The molecule has 0 aliphatic carbocycles. The highest BCUT2D eigenvalue weighted by molar-refractivity contribution is 5.82. The number of piperidine rings is 4. The van der Waals surface area contributed by atoms with E-state index in [4.69, 9.17) is 9.47 Å². The van der Waals surface area contributed by atoms with Crippen LogP contribution in [0, 0.1) is 11.7 Å². The molecule has 4 fully saturated rings. The summed E-state index contributed by atoms with van der Waals surface area (Å²) < 4.78 is 26.4. The van der Waals surface area contributed by atoms with Crippen molar-refractivity contribution in [2.24, 2.45) is 5.92 Å². The highest BCUT2D eigenvalue weighted by atomic mass is 19.1. The lowest BCUT2D eigenvalue weighted by Gasteiger charge is -2.52. The average Bonchev–Trinajstić information content (AvgIpc) is 2.93. The van der Waals surface area contributed by atoms with Gasteiger partial charge in [0.15, 0.2) is 6.10 Å². The van der Waals surface area contributed by atoms with Crippen LogP contribution in [-0.4, -0.2) is 67.3 Å². The van der Waals surface area contributed by atoms with Gasteiger partial charge in [-0.05, 0) is 62.7 Å². The zero-order chi connectivity index (χ0) is 25.0. The fourth-order valence-electron chi connectivity index (χ4n) is 6.58. The van der Waals surface area contributed by atoms with Gasteiger partial charge in [0.1, 0.15) is 23.7 Å². The number of likely N-dealkylation sites (tertiary alicyclic amines) is 1. The quantitative estimate of drug-likeness (QED) is 0.274. The number of nitrogens with zero attached hydrogens (tertiary/aromatic N) is 2. The van der Waals surface area contributed by atoms with Crippen molar-refractivity contribution in [3.8, 4) is 5.75 Å². The minimum absolute atomic E-state index is 0.0224. The van der Waals surface area contributed by atoms with Gasteiger partial charge in [-0.15, -0.1) is 0 Å². The van der Waals surface area contributed by atoms with Crippen LogP contribution in [0.25, 0.3) is 0 Å². The van der Waals surface area contributed by atoms with Crippen molar-refractivity contribution in [3.05, 3.63) is 66.0 Å². The summed E-state index contributed by atoms with van der Waals surface area (Å²) in [6.07, 6.45) is 6.62. The molecule has 4 heterocycles. The van der Waals surface area contributed by atoms with Gasteiger partial charge in [-0.25, -0.2) is 9.18 Å². The zero-order valence-electron chi connectivity index (χ0n) is 21.5. The monoisotopic (exact) mass is 495 g/mol. The molecule has 194 valence electrons. The van der Waals surface area contributed by atoms with Crippen LogP contribution in [0.2, 0.25) is 0 Å². The molecule has 2 bridgehead atoms. The van der Waals surface area contributed by atoms with Gasteiger partial charge in [0.2, 0.25) is 0 Å². The van der Waals surface area contributed by atoms with E-state index in [0.717, 1.165) is 81.4 Å². The predicted molar refractivity (Wildman–Crippen MR) is 138 cm³/mol. The number of hydrogen-bond donors (Lipinski definition) is 0. The third kappa shape index (κ3) is 5.30. The van der Waals surface area contributed by atoms with Crippen LogP contribution < -0.4 is 4.74 Å². The van der Waals surface area contributed by atoms with Crippen LogP contribution in [0.15, 0.2) is 54.6 Å². The summed E-state index contributed by atoms with van der Waals surface area (Å²) in [6.45, 7) is 8.76. The molecule has 6 rings (SSSR count). The molecule has 2 aromatic carbocycles. The topological polar surface area (TPSA) is 38.8 Å². The molecule has 0 amide bonds. The molecule has 0 N–H and O–H groups in total. The number of rotatable bonds is 9. The van der Waals surface area contributed by atoms with Crippen molar-refractivity contribution in [1.82, 2.24) is 4.90 Å². The van der Waals surface area contributed by atoms with Gasteiger partial charge in [0.05, 0.1) is 26.2 Å². The third-order valence-corrected chi connectivity index (χ3v) is 8.88. The predicted octanol–water partition coefficient (Wildman–Crippen LogP) is 5.15. The largest absolute Gasteiger partial charge is 0.493 e. The molecule has 0 aromatic heterocycles. The summed E-state index contributed by atoms with van der Waals surface area (Å²) in [5, 5.41) is 0.